The van der Waals surface area contributed by atoms with Gasteiger partial charge in [-0.25, -0.2) is 4.68 Å². The highest BCUT2D eigenvalue weighted by Crippen LogP contribution is 2.26. The van der Waals surface area contributed by atoms with E-state index in [1.807, 2.05) is 10.7 Å². The molecule has 4 heterocycles. The minimum absolute atomic E-state index is 0.217. The predicted octanol–water partition coefficient (Wildman–Crippen LogP) is 2.70. The number of rotatable bonds is 5. The number of nitrogens with zero attached hydrogens (tertiary/aromatic N) is 3. The van der Waals surface area contributed by atoms with Crippen LogP contribution < -0.4 is 10.6 Å². The lowest BCUT2D eigenvalue weighted by Gasteiger charge is -2.16. The number of furan rings is 1. The number of amides is 1. The van der Waals surface area contributed by atoms with E-state index in [-0.39, 0.29) is 5.91 Å². The van der Waals surface area contributed by atoms with Gasteiger partial charge in [0.25, 0.3) is 5.91 Å². The van der Waals surface area contributed by atoms with E-state index in [1.165, 1.54) is 12.8 Å². The maximum absolute atomic E-state index is 12.6. The van der Waals surface area contributed by atoms with Crippen molar-refractivity contribution < 1.29 is 9.21 Å². The Morgan fingerprint density at radius 1 is 1.32 bits per heavy atom. The predicted molar refractivity (Wildman–Crippen MR) is 95.9 cm³/mol. The van der Waals surface area contributed by atoms with E-state index in [0.29, 0.717) is 11.4 Å². The first-order chi connectivity index (χ1) is 12.2. The first kappa shape index (κ1) is 16.2. The molecule has 0 bridgehead atoms. The number of carbonyl (C=O) groups is 1. The maximum atomic E-state index is 12.6. The van der Waals surface area contributed by atoms with Crippen LogP contribution >= 0.6 is 0 Å². The molecule has 1 amide bonds. The molecule has 0 aliphatic carbocycles. The van der Waals surface area contributed by atoms with Crippen LogP contribution in [0.15, 0.2) is 16.7 Å². The lowest BCUT2D eigenvalue weighted by atomic mass is 10.2. The van der Waals surface area contributed by atoms with E-state index in [9.17, 15) is 4.79 Å². The summed E-state index contributed by atoms with van der Waals surface area (Å²) in [5.74, 6) is 1.94. The third kappa shape index (κ3) is 3.28. The summed E-state index contributed by atoms with van der Waals surface area (Å²) >= 11 is 0. The van der Waals surface area contributed by atoms with Crippen LogP contribution in [0.1, 0.15) is 48.1 Å². The molecule has 2 aromatic rings. The zero-order valence-electron chi connectivity index (χ0n) is 14.7. The summed E-state index contributed by atoms with van der Waals surface area (Å²) in [5, 5.41) is 10.5. The first-order valence-electron chi connectivity index (χ1n) is 9.19. The molecule has 2 aromatic heterocycles. The Hall–Kier alpha value is -2.28. The Morgan fingerprint density at radius 2 is 2.16 bits per heavy atom. The van der Waals surface area contributed by atoms with Gasteiger partial charge in [-0.1, -0.05) is 6.92 Å². The Labute approximate surface area is 147 Å². The van der Waals surface area contributed by atoms with Crippen LogP contribution in [0.3, 0.4) is 0 Å². The van der Waals surface area contributed by atoms with Gasteiger partial charge in [-0.05, 0) is 38.4 Å². The van der Waals surface area contributed by atoms with Crippen molar-refractivity contribution in [3.05, 3.63) is 29.3 Å². The summed E-state index contributed by atoms with van der Waals surface area (Å²) in [7, 11) is 0. The molecule has 1 saturated heterocycles. The molecule has 0 aromatic carbocycles. The zero-order valence-corrected chi connectivity index (χ0v) is 14.7. The highest BCUT2D eigenvalue weighted by atomic mass is 16.4. The molecular formula is C18H25N5O2. The molecule has 134 valence electrons. The molecule has 0 saturated carbocycles. The number of fused-ring (bicyclic) bond motifs is 1. The molecule has 25 heavy (non-hydrogen) atoms. The summed E-state index contributed by atoms with van der Waals surface area (Å²) in [6.45, 7) is 6.96. The largest absolute Gasteiger partial charge is 0.456 e. The molecule has 0 radical (unpaired) electrons. The zero-order chi connectivity index (χ0) is 17.2. The van der Waals surface area contributed by atoms with E-state index < -0.39 is 0 Å². The van der Waals surface area contributed by atoms with Gasteiger partial charge in [-0.3, -0.25) is 9.69 Å². The third-order valence-electron chi connectivity index (χ3n) is 4.96. The van der Waals surface area contributed by atoms with E-state index >= 15 is 0 Å². The molecule has 2 N–H and O–H groups in total. The smallest absolute Gasteiger partial charge is 0.291 e. The minimum Gasteiger partial charge on any atom is -0.456 e. The fourth-order valence-corrected chi connectivity index (χ4v) is 3.65. The molecule has 0 atom stereocenters. The number of nitrogens with one attached hydrogen (secondary N) is 2. The van der Waals surface area contributed by atoms with Crippen molar-refractivity contribution in [2.45, 2.75) is 45.7 Å². The normalized spacial score (nSPS) is 17.3. The number of likely N-dealkylation sites (tertiary alicyclic amines) is 1. The van der Waals surface area contributed by atoms with E-state index in [2.05, 4.69) is 27.6 Å². The molecule has 7 nitrogen and oxygen atoms in total. The molecular weight excluding hydrogens is 318 g/mol. The monoisotopic (exact) mass is 343 g/mol. The molecule has 2 aliphatic heterocycles. The number of anilines is 2. The van der Waals surface area contributed by atoms with Crippen LogP contribution in [-0.2, 0) is 19.5 Å². The van der Waals surface area contributed by atoms with E-state index in [4.69, 9.17) is 4.42 Å². The Kier molecular flexibility index (Phi) is 4.48. The summed E-state index contributed by atoms with van der Waals surface area (Å²) in [5.41, 5.74) is 1.84. The van der Waals surface area contributed by atoms with Crippen molar-refractivity contribution in [3.63, 3.8) is 0 Å². The van der Waals surface area contributed by atoms with Crippen molar-refractivity contribution in [2.24, 2.45) is 0 Å². The van der Waals surface area contributed by atoms with Crippen molar-refractivity contribution in [1.29, 1.82) is 0 Å². The van der Waals surface area contributed by atoms with E-state index in [0.717, 1.165) is 62.7 Å². The van der Waals surface area contributed by atoms with Crippen LogP contribution in [0.5, 0.6) is 0 Å². The quantitative estimate of drug-likeness (QED) is 0.873. The standard InChI is InChI=1S/C18H25N5O2/c1-2-15-13(12-22-7-3-4-8-22)10-16(25-15)18(24)21-14-11-20-23-9-5-6-19-17(14)23/h10-11,19H,2-9,12H2,1H3,(H,21,24). The van der Waals surface area contributed by atoms with Gasteiger partial charge in [-0.2, -0.15) is 5.10 Å². The highest BCUT2D eigenvalue weighted by molar-refractivity contribution is 6.03. The van der Waals surface area contributed by atoms with Gasteiger partial charge in [0.1, 0.15) is 17.3 Å². The average molecular weight is 343 g/mol. The fourth-order valence-electron chi connectivity index (χ4n) is 3.65. The lowest BCUT2D eigenvalue weighted by molar-refractivity contribution is 0.0995. The van der Waals surface area contributed by atoms with Crippen LogP contribution in [0, 0.1) is 0 Å². The van der Waals surface area contributed by atoms with Gasteiger partial charge in [0.2, 0.25) is 0 Å². The fraction of sp³-hybridized carbons (Fsp3) is 0.556. The lowest BCUT2D eigenvalue weighted by Crippen LogP contribution is -2.19. The summed E-state index contributed by atoms with van der Waals surface area (Å²) < 4.78 is 7.73. The molecule has 2 aliphatic rings. The SMILES string of the molecule is CCc1oc(C(=O)Nc2cnn3c2NCCC3)cc1CN1CCCC1. The van der Waals surface area contributed by atoms with Crippen LogP contribution in [0.2, 0.25) is 0 Å². The Morgan fingerprint density at radius 3 is 2.96 bits per heavy atom. The van der Waals surface area contributed by atoms with Gasteiger partial charge >= 0.3 is 0 Å². The first-order valence-corrected chi connectivity index (χ1v) is 9.19. The molecule has 4 rings (SSSR count). The maximum Gasteiger partial charge on any atom is 0.291 e. The van der Waals surface area contributed by atoms with Crippen LogP contribution in [0.4, 0.5) is 11.5 Å². The summed E-state index contributed by atoms with van der Waals surface area (Å²) in [6, 6.07) is 1.90. The van der Waals surface area contributed by atoms with Gasteiger partial charge < -0.3 is 15.1 Å². The van der Waals surface area contributed by atoms with Crippen molar-refractivity contribution in [1.82, 2.24) is 14.7 Å². The average Bonchev–Trinajstić information content (AvgIpc) is 3.36. The molecule has 7 heteroatoms. The van der Waals surface area contributed by atoms with Crippen molar-refractivity contribution >= 4 is 17.4 Å². The second-order valence-electron chi connectivity index (χ2n) is 6.76. The van der Waals surface area contributed by atoms with Gasteiger partial charge in [0.05, 0.1) is 6.20 Å². The summed E-state index contributed by atoms with van der Waals surface area (Å²) in [6.07, 6.45) is 6.04. The van der Waals surface area contributed by atoms with Gasteiger partial charge in [0.15, 0.2) is 5.76 Å². The van der Waals surface area contributed by atoms with Gasteiger partial charge in [0, 0.05) is 31.6 Å². The minimum atomic E-state index is -0.217. The number of aromatic nitrogens is 2. The second-order valence-corrected chi connectivity index (χ2v) is 6.76. The highest BCUT2D eigenvalue weighted by Gasteiger charge is 2.22. The van der Waals surface area contributed by atoms with Crippen LogP contribution in [0.25, 0.3) is 0 Å². The number of aryl methyl sites for hydroxylation is 2. The van der Waals surface area contributed by atoms with Crippen molar-refractivity contribution in [3.8, 4) is 0 Å². The molecule has 0 unspecified atom stereocenters. The number of carbonyl (C=O) groups excluding carboxylic acids is 1. The van der Waals surface area contributed by atoms with Gasteiger partial charge in [-0.15, -0.1) is 0 Å². The Balaban J connectivity index is 1.50. The molecule has 1 fully saturated rings. The van der Waals surface area contributed by atoms with Crippen LogP contribution in [-0.4, -0.2) is 40.2 Å². The van der Waals surface area contributed by atoms with Crippen molar-refractivity contribution in [2.75, 3.05) is 30.3 Å². The topological polar surface area (TPSA) is 75.3 Å². The number of hydrogen-bond acceptors (Lipinski definition) is 5. The Bertz CT molecular complexity index is 758. The molecule has 0 spiro atoms. The van der Waals surface area contributed by atoms with E-state index in [1.54, 1.807) is 6.20 Å². The third-order valence-corrected chi connectivity index (χ3v) is 4.96. The number of hydrogen-bond donors (Lipinski definition) is 2. The second kappa shape index (κ2) is 6.92. The summed E-state index contributed by atoms with van der Waals surface area (Å²) in [4.78, 5) is 15.1.